The second-order valence-corrected chi connectivity index (χ2v) is 12.7. The van der Waals surface area contributed by atoms with Gasteiger partial charge in [0.1, 0.15) is 5.82 Å². The molecular weight excluding hydrogens is 542 g/mol. The molecule has 4 heterocycles. The van der Waals surface area contributed by atoms with Gasteiger partial charge in [-0.15, -0.1) is 0 Å². The minimum absolute atomic E-state index is 0.0503. The quantitative estimate of drug-likeness (QED) is 0.312. The van der Waals surface area contributed by atoms with Crippen molar-refractivity contribution in [2.45, 2.75) is 109 Å². The SMILES string of the molecule is CCC(CC)Nc1cc(C(=O)N[C@H]2C[C@H]3CC[C@@H](C2)N3c2ccc(C(=O)N[C@@H]3CCN(C(C)C)C3)cn2)ccc1C(N)=O. The van der Waals surface area contributed by atoms with Crippen LogP contribution < -0.4 is 26.6 Å². The van der Waals surface area contributed by atoms with Gasteiger partial charge < -0.3 is 26.6 Å². The van der Waals surface area contributed by atoms with E-state index in [4.69, 9.17) is 10.7 Å². The minimum Gasteiger partial charge on any atom is -0.382 e. The van der Waals surface area contributed by atoms with Gasteiger partial charge in [-0.2, -0.15) is 0 Å². The number of hydrogen-bond acceptors (Lipinski definition) is 7. The predicted molar refractivity (Wildman–Crippen MR) is 170 cm³/mol. The highest BCUT2D eigenvalue weighted by Gasteiger charge is 2.42. The summed E-state index contributed by atoms with van der Waals surface area (Å²) in [6.45, 7) is 10.4. The molecular formula is C33H47N7O3. The van der Waals surface area contributed by atoms with Crippen LogP contribution >= 0.6 is 0 Å². The van der Waals surface area contributed by atoms with Gasteiger partial charge in [0.25, 0.3) is 17.7 Å². The fraction of sp³-hybridized carbons (Fsp3) is 0.576. The molecule has 10 heteroatoms. The molecule has 1 aromatic carbocycles. The van der Waals surface area contributed by atoms with Gasteiger partial charge in [-0.25, -0.2) is 4.98 Å². The van der Waals surface area contributed by atoms with Crippen LogP contribution in [0.1, 0.15) is 104 Å². The third-order valence-corrected chi connectivity index (χ3v) is 9.52. The Hall–Kier alpha value is -3.66. The molecule has 3 amide bonds. The third-order valence-electron chi connectivity index (χ3n) is 9.52. The Morgan fingerprint density at radius 1 is 0.930 bits per heavy atom. The van der Waals surface area contributed by atoms with Gasteiger partial charge in [-0.3, -0.25) is 19.3 Å². The zero-order valence-corrected chi connectivity index (χ0v) is 25.9. The predicted octanol–water partition coefficient (Wildman–Crippen LogP) is 3.92. The van der Waals surface area contributed by atoms with Crippen molar-refractivity contribution >= 4 is 29.2 Å². The van der Waals surface area contributed by atoms with E-state index in [0.717, 1.165) is 63.9 Å². The lowest BCUT2D eigenvalue weighted by Crippen LogP contribution is -2.50. The first-order valence-electron chi connectivity index (χ1n) is 16.0. The summed E-state index contributed by atoms with van der Waals surface area (Å²) in [4.78, 5) is 47.7. The smallest absolute Gasteiger partial charge is 0.253 e. The minimum atomic E-state index is -0.515. The molecule has 5 N–H and O–H groups in total. The Bertz CT molecular complexity index is 1300. The number of hydrogen-bond donors (Lipinski definition) is 4. The highest BCUT2D eigenvalue weighted by Crippen LogP contribution is 2.38. The number of nitrogens with two attached hydrogens (primary N) is 1. The van der Waals surface area contributed by atoms with Gasteiger partial charge >= 0.3 is 0 Å². The van der Waals surface area contributed by atoms with Gasteiger partial charge in [0.05, 0.1) is 11.1 Å². The first-order chi connectivity index (χ1) is 20.7. The number of anilines is 2. The molecule has 3 aliphatic rings. The number of likely N-dealkylation sites (tertiary alicyclic amines) is 1. The molecule has 0 radical (unpaired) electrons. The van der Waals surface area contributed by atoms with Crippen LogP contribution in [0.3, 0.4) is 0 Å². The van der Waals surface area contributed by atoms with E-state index < -0.39 is 5.91 Å². The summed E-state index contributed by atoms with van der Waals surface area (Å²) in [6.07, 6.45) is 8.22. The Morgan fingerprint density at radius 2 is 1.58 bits per heavy atom. The van der Waals surface area contributed by atoms with Gasteiger partial charge in [0.2, 0.25) is 0 Å². The molecule has 1 aromatic heterocycles. The fourth-order valence-corrected chi connectivity index (χ4v) is 6.99. The van der Waals surface area contributed by atoms with Gasteiger partial charge in [0.15, 0.2) is 0 Å². The molecule has 0 unspecified atom stereocenters. The molecule has 3 saturated heterocycles. The lowest BCUT2D eigenvalue weighted by Gasteiger charge is -2.40. The summed E-state index contributed by atoms with van der Waals surface area (Å²) in [5, 5.41) is 9.81. The van der Waals surface area contributed by atoms with Crippen molar-refractivity contribution in [1.82, 2.24) is 20.5 Å². The van der Waals surface area contributed by atoms with Crippen LogP contribution in [-0.4, -0.2) is 76.9 Å². The molecule has 2 bridgehead atoms. The summed E-state index contributed by atoms with van der Waals surface area (Å²) in [5.41, 5.74) is 7.70. The maximum absolute atomic E-state index is 13.3. The molecule has 5 rings (SSSR count). The highest BCUT2D eigenvalue weighted by molar-refractivity contribution is 6.02. The lowest BCUT2D eigenvalue weighted by molar-refractivity contribution is 0.0922. The van der Waals surface area contributed by atoms with Crippen molar-refractivity contribution in [2.75, 3.05) is 23.3 Å². The molecule has 0 spiro atoms. The van der Waals surface area contributed by atoms with E-state index in [1.54, 1.807) is 24.4 Å². The van der Waals surface area contributed by atoms with Crippen molar-refractivity contribution < 1.29 is 14.4 Å². The normalized spacial score (nSPS) is 23.5. The number of pyridine rings is 1. The Labute approximate surface area is 255 Å². The zero-order chi connectivity index (χ0) is 30.7. The highest BCUT2D eigenvalue weighted by atomic mass is 16.2. The Morgan fingerprint density at radius 3 is 2.16 bits per heavy atom. The summed E-state index contributed by atoms with van der Waals surface area (Å²) in [6, 6.07) is 10.4. The lowest BCUT2D eigenvalue weighted by atomic mass is 9.96. The van der Waals surface area contributed by atoms with Crippen LogP contribution in [0.25, 0.3) is 0 Å². The molecule has 10 nitrogen and oxygen atoms in total. The van der Waals surface area contributed by atoms with Gasteiger partial charge in [-0.1, -0.05) is 13.8 Å². The topological polar surface area (TPSA) is 133 Å². The summed E-state index contributed by atoms with van der Waals surface area (Å²) < 4.78 is 0. The largest absolute Gasteiger partial charge is 0.382 e. The van der Waals surface area contributed by atoms with Crippen molar-refractivity contribution in [3.05, 3.63) is 53.2 Å². The van der Waals surface area contributed by atoms with Crippen LogP contribution in [0, 0.1) is 0 Å². The van der Waals surface area contributed by atoms with E-state index in [-0.39, 0.29) is 42.0 Å². The molecule has 43 heavy (non-hydrogen) atoms. The van der Waals surface area contributed by atoms with Crippen LogP contribution in [0.15, 0.2) is 36.5 Å². The Kier molecular flexibility index (Phi) is 9.54. The number of amides is 3. The number of aromatic nitrogens is 1. The van der Waals surface area contributed by atoms with E-state index in [0.29, 0.717) is 28.4 Å². The van der Waals surface area contributed by atoms with Crippen LogP contribution in [0.5, 0.6) is 0 Å². The fourth-order valence-electron chi connectivity index (χ4n) is 6.99. The first-order valence-corrected chi connectivity index (χ1v) is 16.0. The second kappa shape index (κ2) is 13.3. The number of piperidine rings is 1. The number of rotatable bonds is 11. The van der Waals surface area contributed by atoms with Crippen molar-refractivity contribution in [3.8, 4) is 0 Å². The summed E-state index contributed by atoms with van der Waals surface area (Å²) >= 11 is 0. The molecule has 4 atom stereocenters. The van der Waals surface area contributed by atoms with E-state index in [1.807, 2.05) is 12.1 Å². The van der Waals surface area contributed by atoms with Crippen molar-refractivity contribution in [2.24, 2.45) is 5.73 Å². The maximum Gasteiger partial charge on any atom is 0.253 e. The summed E-state index contributed by atoms with van der Waals surface area (Å²) in [5.74, 6) is 0.160. The second-order valence-electron chi connectivity index (χ2n) is 12.7. The number of carbonyl (C=O) groups is 3. The van der Waals surface area contributed by atoms with Gasteiger partial charge in [0, 0.05) is 66.8 Å². The van der Waals surface area contributed by atoms with Gasteiger partial charge in [-0.05, 0) is 89.1 Å². The zero-order valence-electron chi connectivity index (χ0n) is 25.9. The number of benzene rings is 1. The van der Waals surface area contributed by atoms with E-state index in [1.165, 1.54) is 0 Å². The Balaban J connectivity index is 1.19. The molecule has 232 valence electrons. The monoisotopic (exact) mass is 589 g/mol. The molecule has 0 aliphatic carbocycles. The summed E-state index contributed by atoms with van der Waals surface area (Å²) in [7, 11) is 0. The molecule has 3 fully saturated rings. The average molecular weight is 590 g/mol. The number of nitrogens with zero attached hydrogens (tertiary/aromatic N) is 3. The number of nitrogens with one attached hydrogen (secondary N) is 3. The van der Waals surface area contributed by atoms with Crippen LogP contribution in [-0.2, 0) is 0 Å². The molecule has 2 aromatic rings. The number of fused-ring (bicyclic) bond motifs is 2. The standard InChI is InChI=1S/C33H47N7O3/c1-5-23(6-2)36-29-15-21(7-11-28(29)31(34)41)32(42)38-25-16-26-9-10-27(17-25)40(26)30-12-8-22(18-35-30)33(43)37-24-13-14-39(19-24)20(3)4/h7-8,11-12,15,18,20,23-27,36H,5-6,9-10,13-14,16-17,19H2,1-4H3,(H2,34,41)(H,37,43)(H,38,42)/t24-,25-,26+,27-/m1/s1. The third kappa shape index (κ3) is 6.95. The van der Waals surface area contributed by atoms with E-state index >= 15 is 0 Å². The number of carbonyl (C=O) groups excluding carboxylic acids is 3. The van der Waals surface area contributed by atoms with Crippen molar-refractivity contribution in [1.29, 1.82) is 0 Å². The van der Waals surface area contributed by atoms with Crippen LogP contribution in [0.2, 0.25) is 0 Å². The average Bonchev–Trinajstić information content (AvgIpc) is 3.57. The van der Waals surface area contributed by atoms with E-state index in [2.05, 4.69) is 53.4 Å². The van der Waals surface area contributed by atoms with E-state index in [9.17, 15) is 14.4 Å². The van der Waals surface area contributed by atoms with Crippen molar-refractivity contribution in [3.63, 3.8) is 0 Å². The number of primary amides is 1. The maximum atomic E-state index is 13.3. The first kappa shape index (κ1) is 30.8. The molecule has 3 aliphatic heterocycles. The van der Waals surface area contributed by atoms with Crippen LogP contribution in [0.4, 0.5) is 11.5 Å². The molecule has 0 saturated carbocycles.